The van der Waals surface area contributed by atoms with Gasteiger partial charge in [-0.1, -0.05) is 6.08 Å². The van der Waals surface area contributed by atoms with Gasteiger partial charge >= 0.3 is 16.1 Å². The second-order valence-electron chi connectivity index (χ2n) is 5.48. The molecule has 2 unspecified atom stereocenters. The van der Waals surface area contributed by atoms with Crippen LogP contribution in [0.15, 0.2) is 11.6 Å². The molecule has 2 aliphatic heterocycles. The van der Waals surface area contributed by atoms with Gasteiger partial charge in [-0.05, 0) is 10.7 Å². The lowest BCUT2D eigenvalue weighted by Crippen LogP contribution is -2.47. The highest BCUT2D eigenvalue weighted by Crippen LogP contribution is 2.51. The van der Waals surface area contributed by atoms with Gasteiger partial charge in [0.15, 0.2) is 0 Å². The number of hydrogen-bond acceptors (Lipinski definition) is 9. The number of rotatable bonds is 7. The summed E-state index contributed by atoms with van der Waals surface area (Å²) in [6, 6.07) is 0. The Hall–Kier alpha value is -0.780. The zero-order valence-electron chi connectivity index (χ0n) is 12.9. The molecule has 25 heavy (non-hydrogen) atoms. The maximum atomic E-state index is 11.4. The van der Waals surface area contributed by atoms with Crippen LogP contribution < -0.4 is 5.73 Å². The second-order valence-corrected chi connectivity index (χ2v) is 7.81. The first-order valence-corrected chi connectivity index (χ1v) is 9.81. The van der Waals surface area contributed by atoms with E-state index in [1.807, 2.05) is 0 Å². The predicted octanol–water partition coefficient (Wildman–Crippen LogP) is -1.67. The summed E-state index contributed by atoms with van der Waals surface area (Å²) in [7, 11) is -8.17. The zero-order valence-corrected chi connectivity index (χ0v) is 14.7. The van der Waals surface area contributed by atoms with Crippen molar-refractivity contribution < 1.29 is 47.5 Å². The lowest BCUT2D eigenvalue weighted by molar-refractivity contribution is -0.117. The summed E-state index contributed by atoms with van der Waals surface area (Å²) in [5.74, 6) is -0.603. The number of carbonyl (C=O) groups excluding carboxylic acids is 1. The minimum atomic E-state index is -4.81. The van der Waals surface area contributed by atoms with Crippen molar-refractivity contribution in [2.24, 2.45) is 5.73 Å². The average molecular weight is 401 g/mol. The SMILES string of the molecule is NC(=O)C1=CCCN([C@@H]2O[C@H](COP(=O)(O)O[P+](=O)O)[C@@H](O)[C@H]2O)C1. The molecule has 0 bridgehead atoms. The van der Waals surface area contributed by atoms with Gasteiger partial charge in [0.1, 0.15) is 24.5 Å². The van der Waals surface area contributed by atoms with Gasteiger partial charge in [-0.3, -0.25) is 19.1 Å². The van der Waals surface area contributed by atoms with Crippen molar-refractivity contribution in [3.8, 4) is 0 Å². The standard InChI is InChI=1S/C11H18N2O10P2/c12-10(16)6-2-1-3-13(4-6)11-9(15)8(14)7(22-11)5-21-25(19,20)23-24(17)18/h2,7-9,11,14-15H,1,3-5H2,(H3-,12,16,17,18,19,20)/p+1/t7-,8-,9-,11-/m1/s1. The Labute approximate surface area is 143 Å². The van der Waals surface area contributed by atoms with Crippen LogP contribution in [-0.4, -0.2) is 75.0 Å². The molecule has 2 rings (SSSR count). The molecule has 0 aromatic heterocycles. The van der Waals surface area contributed by atoms with Gasteiger partial charge in [0.2, 0.25) is 5.91 Å². The zero-order chi connectivity index (χ0) is 18.8. The Morgan fingerprint density at radius 2 is 2.16 bits per heavy atom. The van der Waals surface area contributed by atoms with Crippen LogP contribution in [-0.2, 0) is 27.5 Å². The lowest BCUT2D eigenvalue weighted by atomic mass is 10.1. The van der Waals surface area contributed by atoms with Crippen LogP contribution in [0.4, 0.5) is 0 Å². The molecule has 0 spiro atoms. The minimum Gasteiger partial charge on any atom is -0.387 e. The quantitative estimate of drug-likeness (QED) is 0.307. The van der Waals surface area contributed by atoms with Crippen molar-refractivity contribution in [1.29, 1.82) is 0 Å². The summed E-state index contributed by atoms with van der Waals surface area (Å²) < 4.78 is 35.5. The molecule has 14 heteroatoms. The highest BCUT2D eigenvalue weighted by Gasteiger charge is 2.47. The topological polar surface area (TPSA) is 189 Å². The number of ether oxygens (including phenoxy) is 1. The summed E-state index contributed by atoms with van der Waals surface area (Å²) in [4.78, 5) is 30.5. The summed E-state index contributed by atoms with van der Waals surface area (Å²) in [6.07, 6.45) is -2.83. The molecular formula is C11H19N2O10P2+. The maximum Gasteiger partial charge on any atom is 0.705 e. The number of nitrogens with two attached hydrogens (primary N) is 1. The molecule has 0 aromatic carbocycles. The first-order chi connectivity index (χ1) is 11.6. The Morgan fingerprint density at radius 1 is 1.48 bits per heavy atom. The molecule has 1 amide bonds. The van der Waals surface area contributed by atoms with Gasteiger partial charge in [0.05, 0.1) is 6.61 Å². The molecule has 0 aliphatic carbocycles. The van der Waals surface area contributed by atoms with Crippen LogP contribution >= 0.6 is 16.1 Å². The Kier molecular flexibility index (Phi) is 6.80. The van der Waals surface area contributed by atoms with Crippen molar-refractivity contribution in [3.63, 3.8) is 0 Å². The minimum absolute atomic E-state index is 0.115. The fourth-order valence-electron chi connectivity index (χ4n) is 2.61. The summed E-state index contributed by atoms with van der Waals surface area (Å²) in [6.45, 7) is -0.118. The normalized spacial score (nSPS) is 33.6. The molecule has 1 saturated heterocycles. The molecule has 6 atom stereocenters. The number of amides is 1. The van der Waals surface area contributed by atoms with Crippen molar-refractivity contribution >= 4 is 22.0 Å². The van der Waals surface area contributed by atoms with E-state index in [0.717, 1.165) is 0 Å². The van der Waals surface area contributed by atoms with E-state index in [1.165, 1.54) is 0 Å². The highest BCUT2D eigenvalue weighted by molar-refractivity contribution is 7.55. The van der Waals surface area contributed by atoms with Crippen LogP contribution in [0.3, 0.4) is 0 Å². The maximum absolute atomic E-state index is 11.4. The predicted molar refractivity (Wildman–Crippen MR) is 80.8 cm³/mol. The number of phosphoric acid groups is 1. The molecule has 0 radical (unpaired) electrons. The van der Waals surface area contributed by atoms with E-state index >= 15 is 0 Å². The van der Waals surface area contributed by atoms with E-state index in [0.29, 0.717) is 18.5 Å². The second kappa shape index (κ2) is 8.28. The van der Waals surface area contributed by atoms with Crippen LogP contribution in [0.5, 0.6) is 0 Å². The number of nitrogens with zero attached hydrogens (tertiary/aromatic N) is 1. The fourth-order valence-corrected chi connectivity index (χ4v) is 3.84. The van der Waals surface area contributed by atoms with E-state index in [4.69, 9.17) is 15.4 Å². The molecule has 0 saturated carbocycles. The van der Waals surface area contributed by atoms with E-state index in [1.54, 1.807) is 11.0 Å². The Balaban J connectivity index is 1.96. The van der Waals surface area contributed by atoms with Crippen molar-refractivity contribution in [3.05, 3.63) is 11.6 Å². The van der Waals surface area contributed by atoms with Crippen LogP contribution in [0, 0.1) is 0 Å². The van der Waals surface area contributed by atoms with E-state index < -0.39 is 53.1 Å². The van der Waals surface area contributed by atoms with Gasteiger partial charge in [-0.25, -0.2) is 4.57 Å². The lowest BCUT2D eigenvalue weighted by Gasteiger charge is -2.32. The first kappa shape index (κ1) is 20.5. The van der Waals surface area contributed by atoms with Crippen LogP contribution in [0.2, 0.25) is 0 Å². The smallest absolute Gasteiger partial charge is 0.387 e. The molecule has 6 N–H and O–H groups in total. The number of aliphatic hydroxyl groups excluding tert-OH is 2. The summed E-state index contributed by atoms with van der Waals surface area (Å²) >= 11 is 0. The van der Waals surface area contributed by atoms with Gasteiger partial charge in [0, 0.05) is 23.2 Å². The summed E-state index contributed by atoms with van der Waals surface area (Å²) in [5, 5.41) is 20.1. The molecule has 2 heterocycles. The molecule has 12 nitrogen and oxygen atoms in total. The van der Waals surface area contributed by atoms with E-state index in [-0.39, 0.29) is 6.54 Å². The van der Waals surface area contributed by atoms with E-state index in [2.05, 4.69) is 8.83 Å². The number of phosphoric ester groups is 1. The van der Waals surface area contributed by atoms with Gasteiger partial charge in [-0.15, -0.1) is 4.89 Å². The number of aliphatic hydroxyl groups is 2. The highest BCUT2D eigenvalue weighted by atomic mass is 31.2. The molecule has 0 aromatic rings. The molecular weight excluding hydrogens is 382 g/mol. The van der Waals surface area contributed by atoms with Crippen molar-refractivity contribution in [2.75, 3.05) is 19.7 Å². The molecule has 142 valence electrons. The van der Waals surface area contributed by atoms with Crippen molar-refractivity contribution in [2.45, 2.75) is 31.0 Å². The van der Waals surface area contributed by atoms with Crippen LogP contribution in [0.25, 0.3) is 0 Å². The number of hydrogen-bond donors (Lipinski definition) is 5. The molecule has 2 aliphatic rings. The number of primary amides is 1. The third-order valence-corrected chi connectivity index (χ3v) is 5.63. The van der Waals surface area contributed by atoms with Crippen molar-refractivity contribution in [1.82, 2.24) is 4.90 Å². The Morgan fingerprint density at radius 3 is 2.76 bits per heavy atom. The number of carbonyl (C=O) groups is 1. The van der Waals surface area contributed by atoms with E-state index in [9.17, 15) is 29.0 Å². The summed E-state index contributed by atoms with van der Waals surface area (Å²) in [5.41, 5.74) is 5.57. The third kappa shape index (κ3) is 5.35. The van der Waals surface area contributed by atoms with Gasteiger partial charge < -0.3 is 20.7 Å². The van der Waals surface area contributed by atoms with Gasteiger partial charge in [-0.2, -0.15) is 0 Å². The monoisotopic (exact) mass is 401 g/mol. The molecule has 1 fully saturated rings. The average Bonchev–Trinajstić information content (AvgIpc) is 2.80. The van der Waals surface area contributed by atoms with Gasteiger partial charge in [0.25, 0.3) is 0 Å². The largest absolute Gasteiger partial charge is 0.705 e. The third-order valence-electron chi connectivity index (χ3n) is 3.77. The van der Waals surface area contributed by atoms with Crippen LogP contribution in [0.1, 0.15) is 6.42 Å². The Bertz CT molecular complexity index is 614. The first-order valence-electron chi connectivity index (χ1n) is 7.18. The fraction of sp³-hybridized carbons (Fsp3) is 0.727.